The molecule has 1 unspecified atom stereocenters. The highest BCUT2D eigenvalue weighted by Gasteiger charge is 2.34. The Bertz CT molecular complexity index is 421. The fourth-order valence-corrected chi connectivity index (χ4v) is 2.80. The highest BCUT2D eigenvalue weighted by atomic mass is 15.2. The average Bonchev–Trinajstić information content (AvgIpc) is 3.28. The van der Waals surface area contributed by atoms with E-state index >= 15 is 0 Å². The average molecular weight is 258 g/mol. The van der Waals surface area contributed by atoms with Gasteiger partial charge in [0, 0.05) is 24.3 Å². The van der Waals surface area contributed by atoms with Gasteiger partial charge in [-0.15, -0.1) is 0 Å². The first-order valence-corrected chi connectivity index (χ1v) is 7.88. The zero-order valence-electron chi connectivity index (χ0n) is 12.0. The summed E-state index contributed by atoms with van der Waals surface area (Å²) in [6, 6.07) is 10.0. The molecule has 19 heavy (non-hydrogen) atoms. The molecule has 2 fully saturated rings. The Morgan fingerprint density at radius 3 is 2.58 bits per heavy atom. The second-order valence-corrected chi connectivity index (χ2v) is 6.33. The number of hydrogen-bond donors (Lipinski definition) is 1. The summed E-state index contributed by atoms with van der Waals surface area (Å²) in [6.45, 7) is 3.44. The van der Waals surface area contributed by atoms with Gasteiger partial charge in [-0.25, -0.2) is 0 Å². The summed E-state index contributed by atoms with van der Waals surface area (Å²) in [4.78, 5) is 2.68. The number of para-hydroxylation sites is 1. The van der Waals surface area contributed by atoms with E-state index in [-0.39, 0.29) is 0 Å². The maximum Gasteiger partial charge on any atom is 0.0401 e. The van der Waals surface area contributed by atoms with Gasteiger partial charge in [0.2, 0.25) is 0 Å². The number of benzene rings is 1. The quantitative estimate of drug-likeness (QED) is 0.812. The molecular formula is C17H26N2. The van der Waals surface area contributed by atoms with E-state index in [0.29, 0.717) is 6.04 Å². The van der Waals surface area contributed by atoms with Crippen molar-refractivity contribution in [2.75, 3.05) is 11.4 Å². The third kappa shape index (κ3) is 3.30. The molecule has 2 aliphatic carbocycles. The van der Waals surface area contributed by atoms with Crippen LogP contribution in [0.5, 0.6) is 0 Å². The van der Waals surface area contributed by atoms with Crippen LogP contribution in [0.3, 0.4) is 0 Å². The van der Waals surface area contributed by atoms with Crippen molar-refractivity contribution in [2.45, 2.75) is 57.5 Å². The normalized spacial score (nSPS) is 20.3. The number of nitrogens with two attached hydrogens (primary N) is 1. The molecule has 0 aliphatic heterocycles. The SMILES string of the molecule is CCC(N)Cc1ccccc1N(CC1CC1)C1CC1. The van der Waals surface area contributed by atoms with E-state index in [0.717, 1.165) is 24.8 Å². The third-order valence-electron chi connectivity index (χ3n) is 4.45. The predicted molar refractivity (Wildman–Crippen MR) is 81.5 cm³/mol. The first-order chi connectivity index (χ1) is 9.28. The fraction of sp³-hybridized carbons (Fsp3) is 0.647. The van der Waals surface area contributed by atoms with Gasteiger partial charge in [0.05, 0.1) is 0 Å². The van der Waals surface area contributed by atoms with Gasteiger partial charge in [0.25, 0.3) is 0 Å². The highest BCUT2D eigenvalue weighted by Crippen LogP contribution is 2.39. The Balaban J connectivity index is 1.79. The molecule has 104 valence electrons. The first-order valence-electron chi connectivity index (χ1n) is 7.88. The molecule has 1 aromatic rings. The molecule has 0 aromatic heterocycles. The molecule has 2 saturated carbocycles. The smallest absolute Gasteiger partial charge is 0.0401 e. The van der Waals surface area contributed by atoms with E-state index < -0.39 is 0 Å². The number of anilines is 1. The van der Waals surface area contributed by atoms with Gasteiger partial charge in [0.1, 0.15) is 0 Å². The van der Waals surface area contributed by atoms with E-state index in [9.17, 15) is 0 Å². The van der Waals surface area contributed by atoms with Crippen LogP contribution >= 0.6 is 0 Å². The van der Waals surface area contributed by atoms with Crippen molar-refractivity contribution in [1.29, 1.82) is 0 Å². The summed E-state index contributed by atoms with van der Waals surface area (Å²) in [5, 5.41) is 0. The molecule has 0 saturated heterocycles. The molecular weight excluding hydrogens is 232 g/mol. The second-order valence-electron chi connectivity index (χ2n) is 6.33. The molecule has 1 atom stereocenters. The van der Waals surface area contributed by atoms with Crippen molar-refractivity contribution in [3.63, 3.8) is 0 Å². The van der Waals surface area contributed by atoms with Crippen molar-refractivity contribution < 1.29 is 0 Å². The molecule has 2 nitrogen and oxygen atoms in total. The van der Waals surface area contributed by atoms with E-state index in [2.05, 4.69) is 36.1 Å². The summed E-state index contributed by atoms with van der Waals surface area (Å²) in [7, 11) is 0. The van der Waals surface area contributed by atoms with Gasteiger partial charge in [-0.3, -0.25) is 0 Å². The third-order valence-corrected chi connectivity index (χ3v) is 4.45. The Morgan fingerprint density at radius 1 is 1.21 bits per heavy atom. The zero-order chi connectivity index (χ0) is 13.2. The van der Waals surface area contributed by atoms with Gasteiger partial charge in [-0.1, -0.05) is 25.1 Å². The van der Waals surface area contributed by atoms with Crippen molar-refractivity contribution in [1.82, 2.24) is 0 Å². The largest absolute Gasteiger partial charge is 0.368 e. The minimum Gasteiger partial charge on any atom is -0.368 e. The van der Waals surface area contributed by atoms with E-state index in [4.69, 9.17) is 5.73 Å². The molecule has 1 aromatic carbocycles. The maximum atomic E-state index is 6.16. The number of rotatable bonds is 7. The van der Waals surface area contributed by atoms with Crippen molar-refractivity contribution in [2.24, 2.45) is 11.7 Å². The van der Waals surface area contributed by atoms with Crippen LogP contribution in [0.15, 0.2) is 24.3 Å². The van der Waals surface area contributed by atoms with Gasteiger partial charge >= 0.3 is 0 Å². The standard InChI is InChI=1S/C17H26N2/c1-2-15(18)11-14-5-3-4-6-17(14)19(16-9-10-16)12-13-7-8-13/h3-6,13,15-16H,2,7-12,18H2,1H3. The predicted octanol–water partition coefficient (Wildman–Crippen LogP) is 3.35. The fourth-order valence-electron chi connectivity index (χ4n) is 2.80. The minimum atomic E-state index is 0.295. The van der Waals surface area contributed by atoms with Crippen LogP contribution in [0.4, 0.5) is 5.69 Å². The molecule has 2 heteroatoms. The lowest BCUT2D eigenvalue weighted by Crippen LogP contribution is -2.30. The van der Waals surface area contributed by atoms with E-state index in [1.54, 1.807) is 0 Å². The second kappa shape index (κ2) is 5.54. The van der Waals surface area contributed by atoms with E-state index in [1.165, 1.54) is 43.5 Å². The molecule has 0 amide bonds. The van der Waals surface area contributed by atoms with E-state index in [1.807, 2.05) is 0 Å². The molecule has 0 radical (unpaired) electrons. The monoisotopic (exact) mass is 258 g/mol. The summed E-state index contributed by atoms with van der Waals surface area (Å²) in [5.74, 6) is 0.952. The summed E-state index contributed by atoms with van der Waals surface area (Å²) >= 11 is 0. The Hall–Kier alpha value is -1.02. The molecule has 3 rings (SSSR count). The molecule has 2 aliphatic rings. The Labute approximate surface area is 117 Å². The van der Waals surface area contributed by atoms with Gasteiger partial charge < -0.3 is 10.6 Å². The van der Waals surface area contributed by atoms with Gasteiger partial charge in [-0.05, 0) is 56.1 Å². The molecule has 2 N–H and O–H groups in total. The number of nitrogens with zero attached hydrogens (tertiary/aromatic N) is 1. The number of hydrogen-bond acceptors (Lipinski definition) is 2. The lowest BCUT2D eigenvalue weighted by Gasteiger charge is -2.28. The van der Waals surface area contributed by atoms with Crippen LogP contribution in [-0.4, -0.2) is 18.6 Å². The summed E-state index contributed by atoms with van der Waals surface area (Å²) in [6.07, 6.45) is 7.68. The van der Waals surface area contributed by atoms with Crippen LogP contribution < -0.4 is 10.6 Å². The van der Waals surface area contributed by atoms with Crippen LogP contribution in [0.1, 0.15) is 44.6 Å². The first kappa shape index (κ1) is 13.0. The topological polar surface area (TPSA) is 29.3 Å². The van der Waals surface area contributed by atoms with Gasteiger partial charge in [0.15, 0.2) is 0 Å². The maximum absolute atomic E-state index is 6.16. The molecule has 0 heterocycles. The summed E-state index contributed by atoms with van der Waals surface area (Å²) in [5.41, 5.74) is 9.07. The lowest BCUT2D eigenvalue weighted by atomic mass is 10.0. The molecule has 0 spiro atoms. The highest BCUT2D eigenvalue weighted by molar-refractivity contribution is 5.56. The minimum absolute atomic E-state index is 0.295. The lowest BCUT2D eigenvalue weighted by molar-refractivity contribution is 0.641. The summed E-state index contributed by atoms with van der Waals surface area (Å²) < 4.78 is 0. The van der Waals surface area contributed by atoms with Crippen molar-refractivity contribution in [3.05, 3.63) is 29.8 Å². The van der Waals surface area contributed by atoms with Crippen LogP contribution in [0, 0.1) is 5.92 Å². The van der Waals surface area contributed by atoms with Gasteiger partial charge in [-0.2, -0.15) is 0 Å². The van der Waals surface area contributed by atoms with Crippen molar-refractivity contribution in [3.8, 4) is 0 Å². The zero-order valence-corrected chi connectivity index (χ0v) is 12.0. The van der Waals surface area contributed by atoms with Crippen LogP contribution in [0.2, 0.25) is 0 Å². The van der Waals surface area contributed by atoms with Crippen LogP contribution in [0.25, 0.3) is 0 Å². The molecule has 0 bridgehead atoms. The van der Waals surface area contributed by atoms with Crippen LogP contribution in [-0.2, 0) is 6.42 Å². The Morgan fingerprint density at radius 2 is 1.95 bits per heavy atom. The Kier molecular flexibility index (Phi) is 3.79. The van der Waals surface area contributed by atoms with Crippen molar-refractivity contribution >= 4 is 5.69 Å².